The fraction of sp³-hybridized carbons (Fsp3) is 0.150. The van der Waals surface area contributed by atoms with Crippen LogP contribution in [0.3, 0.4) is 0 Å². The van der Waals surface area contributed by atoms with Crippen LogP contribution in [0.2, 0.25) is 0 Å². The van der Waals surface area contributed by atoms with Gasteiger partial charge in [0.1, 0.15) is 11.3 Å². The van der Waals surface area contributed by atoms with Crippen LogP contribution in [0.4, 0.5) is 0 Å². The molecule has 0 spiro atoms. The Kier molecular flexibility index (Phi) is 3.92. The van der Waals surface area contributed by atoms with Gasteiger partial charge in [-0.25, -0.2) is 4.79 Å². The van der Waals surface area contributed by atoms with E-state index in [0.29, 0.717) is 22.4 Å². The van der Waals surface area contributed by atoms with Crippen LogP contribution in [0.5, 0.6) is 5.75 Å². The van der Waals surface area contributed by atoms with Gasteiger partial charge in [-0.05, 0) is 23.8 Å². The minimum absolute atomic E-state index is 0.0818. The van der Waals surface area contributed by atoms with Crippen molar-refractivity contribution < 1.29 is 14.3 Å². The molecule has 1 atom stereocenters. The summed E-state index contributed by atoms with van der Waals surface area (Å²) in [5, 5.41) is 0.732. The molecule has 0 amide bonds. The lowest BCUT2D eigenvalue weighted by Crippen LogP contribution is -2.33. The van der Waals surface area contributed by atoms with Gasteiger partial charge in [-0.15, -0.1) is 0 Å². The fourth-order valence-electron chi connectivity index (χ4n) is 3.51. The van der Waals surface area contributed by atoms with E-state index in [2.05, 4.69) is 4.98 Å². The first-order chi connectivity index (χ1) is 13.0. The second-order valence-corrected chi connectivity index (χ2v) is 6.22. The number of hydrogen-bond donors (Lipinski definition) is 1. The van der Waals surface area contributed by atoms with Gasteiger partial charge in [-0.2, -0.15) is 0 Å². The first-order valence-electron chi connectivity index (χ1n) is 8.32. The summed E-state index contributed by atoms with van der Waals surface area (Å²) < 4.78 is 12.2. The number of carbonyl (C=O) groups is 1. The number of nitrogens with two attached hydrogens (primary N) is 1. The van der Waals surface area contributed by atoms with Crippen LogP contribution in [0.15, 0.2) is 65.0 Å². The highest BCUT2D eigenvalue weighted by Gasteiger charge is 2.38. The minimum atomic E-state index is -0.738. The van der Waals surface area contributed by atoms with E-state index in [9.17, 15) is 9.59 Å². The van der Waals surface area contributed by atoms with E-state index >= 15 is 0 Å². The molecule has 3 aromatic rings. The van der Waals surface area contributed by atoms with Crippen molar-refractivity contribution in [2.45, 2.75) is 5.92 Å². The lowest BCUT2D eigenvalue weighted by Gasteiger charge is -2.29. The van der Waals surface area contributed by atoms with Gasteiger partial charge < -0.3 is 19.8 Å². The SMILES string of the molecule is COC(=O)C1=C(N)Oc2c(c(=O)n(C)c3ccccc23)C1c1cccnc1. The standard InChI is InChI=1S/C20H17N3O4/c1-23-13-8-4-3-7-12(13)17-15(19(23)24)14(11-6-5-9-22-10-11)16(18(21)27-17)20(25)26-2/h3-10,14H,21H2,1-2H3. The molecule has 3 heterocycles. The van der Waals surface area contributed by atoms with E-state index < -0.39 is 11.9 Å². The topological polar surface area (TPSA) is 96.4 Å². The third kappa shape index (κ3) is 2.47. The summed E-state index contributed by atoms with van der Waals surface area (Å²) in [6, 6.07) is 10.9. The summed E-state index contributed by atoms with van der Waals surface area (Å²) in [5.41, 5.74) is 7.61. The Morgan fingerprint density at radius 2 is 2.04 bits per heavy atom. The molecule has 2 N–H and O–H groups in total. The molecule has 0 saturated heterocycles. The number of ether oxygens (including phenoxy) is 2. The number of benzene rings is 1. The lowest BCUT2D eigenvalue weighted by molar-refractivity contribution is -0.136. The van der Waals surface area contributed by atoms with Crippen molar-refractivity contribution in [3.63, 3.8) is 0 Å². The summed E-state index contributed by atoms with van der Waals surface area (Å²) in [6.45, 7) is 0. The van der Waals surface area contributed by atoms with E-state index in [1.165, 1.54) is 11.7 Å². The zero-order chi connectivity index (χ0) is 19.1. The molecule has 2 aromatic heterocycles. The number of hydrogen-bond acceptors (Lipinski definition) is 6. The molecule has 7 nitrogen and oxygen atoms in total. The van der Waals surface area contributed by atoms with Gasteiger partial charge in [0.2, 0.25) is 5.88 Å². The van der Waals surface area contributed by atoms with Crippen LogP contribution in [0.25, 0.3) is 10.9 Å². The number of rotatable bonds is 2. The number of carbonyl (C=O) groups excluding carboxylic acids is 1. The molecule has 7 heteroatoms. The summed E-state index contributed by atoms with van der Waals surface area (Å²) in [7, 11) is 2.95. The molecule has 0 aliphatic carbocycles. The van der Waals surface area contributed by atoms with Crippen LogP contribution >= 0.6 is 0 Å². The van der Waals surface area contributed by atoms with Gasteiger partial charge in [-0.3, -0.25) is 9.78 Å². The molecule has 0 saturated carbocycles. The highest BCUT2D eigenvalue weighted by Crippen LogP contribution is 2.43. The first kappa shape index (κ1) is 16.8. The van der Waals surface area contributed by atoms with E-state index in [0.717, 1.165) is 5.39 Å². The zero-order valence-electron chi connectivity index (χ0n) is 14.8. The van der Waals surface area contributed by atoms with Gasteiger partial charge in [0.05, 0.1) is 24.1 Å². The number of esters is 1. The second-order valence-electron chi connectivity index (χ2n) is 6.22. The highest BCUT2D eigenvalue weighted by atomic mass is 16.5. The van der Waals surface area contributed by atoms with E-state index in [-0.39, 0.29) is 17.0 Å². The van der Waals surface area contributed by atoms with E-state index in [1.54, 1.807) is 31.6 Å². The average Bonchev–Trinajstić information content (AvgIpc) is 2.71. The molecule has 1 unspecified atom stereocenters. The maximum absolute atomic E-state index is 13.2. The van der Waals surface area contributed by atoms with Crippen LogP contribution in [0, 0.1) is 0 Å². The summed E-state index contributed by atoms with van der Waals surface area (Å²) in [5.74, 6) is -1.12. The maximum Gasteiger partial charge on any atom is 0.340 e. The van der Waals surface area contributed by atoms with Crippen molar-refractivity contribution in [1.29, 1.82) is 0 Å². The zero-order valence-corrected chi connectivity index (χ0v) is 14.8. The molecule has 136 valence electrons. The van der Waals surface area contributed by atoms with Crippen molar-refractivity contribution in [3.8, 4) is 5.75 Å². The van der Waals surface area contributed by atoms with Crippen LogP contribution < -0.4 is 16.0 Å². The molecule has 0 fully saturated rings. The predicted molar refractivity (Wildman–Crippen MR) is 99.1 cm³/mol. The first-order valence-corrected chi connectivity index (χ1v) is 8.32. The molecule has 0 radical (unpaired) electrons. The van der Waals surface area contributed by atoms with Crippen LogP contribution in [0.1, 0.15) is 17.0 Å². The van der Waals surface area contributed by atoms with Crippen molar-refractivity contribution >= 4 is 16.9 Å². The van der Waals surface area contributed by atoms with Crippen molar-refractivity contribution in [2.75, 3.05) is 7.11 Å². The van der Waals surface area contributed by atoms with Gasteiger partial charge in [0.15, 0.2) is 0 Å². The average molecular weight is 363 g/mol. The van der Waals surface area contributed by atoms with Crippen molar-refractivity contribution in [1.82, 2.24) is 9.55 Å². The van der Waals surface area contributed by atoms with Crippen LogP contribution in [-0.2, 0) is 16.6 Å². The summed E-state index contributed by atoms with van der Waals surface area (Å²) in [4.78, 5) is 29.8. The number of aromatic nitrogens is 2. The third-order valence-electron chi connectivity index (χ3n) is 4.77. The van der Waals surface area contributed by atoms with Gasteiger partial charge in [0.25, 0.3) is 5.56 Å². The predicted octanol–water partition coefficient (Wildman–Crippen LogP) is 1.80. The minimum Gasteiger partial charge on any atom is -0.465 e. The molecule has 1 aromatic carbocycles. The molecular formula is C20H17N3O4. The number of pyridine rings is 2. The number of methoxy groups -OCH3 is 1. The highest BCUT2D eigenvalue weighted by molar-refractivity contribution is 5.95. The Bertz CT molecular complexity index is 1150. The Labute approximate surface area is 154 Å². The van der Waals surface area contributed by atoms with Gasteiger partial charge in [-0.1, -0.05) is 18.2 Å². The van der Waals surface area contributed by atoms with Gasteiger partial charge in [0, 0.05) is 24.8 Å². The van der Waals surface area contributed by atoms with E-state index in [1.807, 2.05) is 24.3 Å². The monoisotopic (exact) mass is 363 g/mol. The third-order valence-corrected chi connectivity index (χ3v) is 4.77. The quantitative estimate of drug-likeness (QED) is 0.698. The summed E-state index contributed by atoms with van der Waals surface area (Å²) >= 11 is 0. The molecule has 0 bridgehead atoms. The van der Waals surface area contributed by atoms with Gasteiger partial charge >= 0.3 is 5.97 Å². The van der Waals surface area contributed by atoms with Crippen molar-refractivity contribution in [2.24, 2.45) is 12.8 Å². The Hall–Kier alpha value is -3.61. The number of fused-ring (bicyclic) bond motifs is 3. The van der Waals surface area contributed by atoms with E-state index in [4.69, 9.17) is 15.2 Å². The number of para-hydroxylation sites is 1. The normalized spacial score (nSPS) is 16.0. The summed E-state index contributed by atoms with van der Waals surface area (Å²) in [6.07, 6.45) is 3.22. The number of nitrogens with zero attached hydrogens (tertiary/aromatic N) is 2. The molecule has 1 aliphatic heterocycles. The second kappa shape index (κ2) is 6.28. The lowest BCUT2D eigenvalue weighted by atomic mass is 9.83. The van der Waals surface area contributed by atoms with Crippen LogP contribution in [-0.4, -0.2) is 22.6 Å². The van der Waals surface area contributed by atoms with Crippen molar-refractivity contribution in [3.05, 3.63) is 81.7 Å². The fourth-order valence-corrected chi connectivity index (χ4v) is 3.51. The Morgan fingerprint density at radius 1 is 1.26 bits per heavy atom. The Morgan fingerprint density at radius 3 is 2.74 bits per heavy atom. The molecular weight excluding hydrogens is 346 g/mol. The Balaban J connectivity index is 2.13. The smallest absolute Gasteiger partial charge is 0.340 e. The molecule has 27 heavy (non-hydrogen) atoms. The number of aryl methyl sites for hydroxylation is 1. The maximum atomic E-state index is 13.2. The molecule has 1 aliphatic rings. The largest absolute Gasteiger partial charge is 0.465 e. The molecule has 4 rings (SSSR count).